The van der Waals surface area contributed by atoms with Crippen molar-refractivity contribution >= 4 is 5.97 Å². The highest BCUT2D eigenvalue weighted by molar-refractivity contribution is 5.69. The molecule has 0 saturated heterocycles. The Morgan fingerprint density at radius 1 is 0.900 bits per heavy atom. The van der Waals surface area contributed by atoms with E-state index in [4.69, 9.17) is 4.74 Å². The van der Waals surface area contributed by atoms with Gasteiger partial charge in [-0.25, -0.2) is 0 Å². The summed E-state index contributed by atoms with van der Waals surface area (Å²) in [4.78, 5) is 11.2. The normalized spacial score (nSPS) is 42.8. The lowest BCUT2D eigenvalue weighted by Crippen LogP contribution is -2.52. The van der Waals surface area contributed by atoms with E-state index in [1.165, 1.54) is 84.2 Å². The third kappa shape index (κ3) is 4.21. The second kappa shape index (κ2) is 9.51. The fraction of sp³-hybridized carbons (Fsp3) is 0.963. The van der Waals surface area contributed by atoms with Crippen LogP contribution in [-0.4, -0.2) is 26.2 Å². The van der Waals surface area contributed by atoms with Crippen molar-refractivity contribution in [2.75, 3.05) is 20.2 Å². The van der Waals surface area contributed by atoms with Gasteiger partial charge in [0, 0.05) is 6.54 Å². The number of hydrogen-bond acceptors (Lipinski definition) is 3. The summed E-state index contributed by atoms with van der Waals surface area (Å²) in [5, 5.41) is 3.41. The van der Waals surface area contributed by atoms with Crippen molar-refractivity contribution in [3.63, 3.8) is 0 Å². The molecule has 4 rings (SSSR count). The molecule has 1 N–H and O–H groups in total. The van der Waals surface area contributed by atoms with Crippen molar-refractivity contribution in [3.05, 3.63) is 0 Å². The van der Waals surface area contributed by atoms with Gasteiger partial charge in [0.05, 0.1) is 13.5 Å². The number of hydrogen-bond donors (Lipinski definition) is 1. The average molecular weight is 418 g/mol. The number of nitrogens with one attached hydrogen (secondary N) is 1. The molecule has 0 bridgehead atoms. The zero-order chi connectivity index (χ0) is 21.2. The van der Waals surface area contributed by atoms with E-state index in [-0.39, 0.29) is 5.97 Å². The van der Waals surface area contributed by atoms with Gasteiger partial charge in [0.15, 0.2) is 0 Å². The lowest BCUT2D eigenvalue weighted by atomic mass is 9.45. The lowest BCUT2D eigenvalue weighted by Gasteiger charge is -2.60. The van der Waals surface area contributed by atoms with Crippen LogP contribution in [-0.2, 0) is 9.53 Å². The van der Waals surface area contributed by atoms with E-state index in [1.54, 1.807) is 6.42 Å². The van der Waals surface area contributed by atoms with Crippen molar-refractivity contribution in [1.82, 2.24) is 5.32 Å². The van der Waals surface area contributed by atoms with Gasteiger partial charge in [0.2, 0.25) is 0 Å². The molecule has 4 aliphatic carbocycles. The number of methoxy groups -OCH3 is 1. The molecule has 0 aromatic heterocycles. The molecule has 3 heteroatoms. The molecule has 6 unspecified atom stereocenters. The molecular formula is C27H47NO2. The topological polar surface area (TPSA) is 38.3 Å². The predicted octanol–water partition coefficient (Wildman–Crippen LogP) is 6.36. The summed E-state index contributed by atoms with van der Waals surface area (Å²) in [5.41, 5.74) is 1.30. The van der Waals surface area contributed by atoms with Gasteiger partial charge in [0.25, 0.3) is 0 Å². The van der Waals surface area contributed by atoms with Crippen LogP contribution >= 0.6 is 0 Å². The molecular weight excluding hydrogens is 370 g/mol. The number of ether oxygens (including phenoxy) is 1. The number of esters is 1. The SMILES string of the molecule is COC(=O)CCNCCCCC1CCC2C3CCC4CCCCC4(C)C3CC[C@@]12C. The molecule has 30 heavy (non-hydrogen) atoms. The molecule has 0 aliphatic heterocycles. The molecule has 0 aromatic carbocycles. The Morgan fingerprint density at radius 3 is 2.57 bits per heavy atom. The molecule has 0 aromatic rings. The lowest BCUT2D eigenvalue weighted by molar-refractivity contribution is -0.140. The van der Waals surface area contributed by atoms with Crippen LogP contribution in [0.3, 0.4) is 0 Å². The molecule has 4 fully saturated rings. The van der Waals surface area contributed by atoms with Gasteiger partial charge < -0.3 is 10.1 Å². The van der Waals surface area contributed by atoms with Crippen LogP contribution < -0.4 is 5.32 Å². The minimum absolute atomic E-state index is 0.112. The third-order valence-electron chi connectivity index (χ3n) is 10.7. The first-order valence-electron chi connectivity index (χ1n) is 13.3. The Hall–Kier alpha value is -0.570. The van der Waals surface area contributed by atoms with Crippen LogP contribution in [0.25, 0.3) is 0 Å². The van der Waals surface area contributed by atoms with Crippen LogP contribution in [0.1, 0.15) is 104 Å². The van der Waals surface area contributed by atoms with Crippen LogP contribution in [0.2, 0.25) is 0 Å². The van der Waals surface area contributed by atoms with E-state index >= 15 is 0 Å². The maximum Gasteiger partial charge on any atom is 0.306 e. The standard InChI is InChI=1S/C27H47NO2/c1-26-16-6-4-8-20(26)10-12-22-23-13-11-21(27(23,2)17-14-24(22)26)9-5-7-18-28-19-15-25(29)30-3/h20-24,28H,4-19H2,1-3H3/t20?,21?,22?,23?,24?,26?,27-/m0/s1. The molecule has 172 valence electrons. The second-order valence-electron chi connectivity index (χ2n) is 11.8. The van der Waals surface area contributed by atoms with Gasteiger partial charge in [-0.15, -0.1) is 0 Å². The van der Waals surface area contributed by atoms with E-state index in [1.807, 2.05) is 0 Å². The highest BCUT2D eigenvalue weighted by atomic mass is 16.5. The average Bonchev–Trinajstić information content (AvgIpc) is 3.08. The quantitative estimate of drug-likeness (QED) is 0.369. The van der Waals surface area contributed by atoms with E-state index in [2.05, 4.69) is 19.2 Å². The first kappa shape index (κ1) is 22.6. The van der Waals surface area contributed by atoms with Crippen molar-refractivity contribution < 1.29 is 9.53 Å². The van der Waals surface area contributed by atoms with Crippen LogP contribution in [0, 0.1) is 40.4 Å². The van der Waals surface area contributed by atoms with Crippen LogP contribution in [0.5, 0.6) is 0 Å². The Kier molecular flexibility index (Phi) is 7.17. The highest BCUT2D eigenvalue weighted by Gasteiger charge is 2.59. The fourth-order valence-electron chi connectivity index (χ4n) is 8.94. The smallest absolute Gasteiger partial charge is 0.306 e. The van der Waals surface area contributed by atoms with E-state index in [9.17, 15) is 4.79 Å². The van der Waals surface area contributed by atoms with Gasteiger partial charge in [0.1, 0.15) is 0 Å². The van der Waals surface area contributed by atoms with Gasteiger partial charge >= 0.3 is 5.97 Å². The summed E-state index contributed by atoms with van der Waals surface area (Å²) >= 11 is 0. The number of carbonyl (C=O) groups excluding carboxylic acids is 1. The summed E-state index contributed by atoms with van der Waals surface area (Å²) in [6.45, 7) is 7.18. The zero-order valence-corrected chi connectivity index (χ0v) is 20.0. The van der Waals surface area contributed by atoms with Crippen molar-refractivity contribution in [3.8, 4) is 0 Å². The van der Waals surface area contributed by atoms with Gasteiger partial charge in [-0.2, -0.15) is 0 Å². The number of unbranched alkanes of at least 4 members (excludes halogenated alkanes) is 1. The monoisotopic (exact) mass is 417 g/mol. The van der Waals surface area contributed by atoms with Crippen molar-refractivity contribution in [2.24, 2.45) is 40.4 Å². The summed E-state index contributed by atoms with van der Waals surface area (Å²) in [7, 11) is 1.46. The van der Waals surface area contributed by atoms with Crippen molar-refractivity contribution in [1.29, 1.82) is 0 Å². The summed E-state index contributed by atoms with van der Waals surface area (Å²) in [5.74, 6) is 4.97. The summed E-state index contributed by atoms with van der Waals surface area (Å²) < 4.78 is 4.70. The minimum atomic E-state index is -0.112. The molecule has 0 radical (unpaired) electrons. The molecule has 7 atom stereocenters. The van der Waals surface area contributed by atoms with Gasteiger partial charge in [-0.05, 0) is 111 Å². The van der Waals surface area contributed by atoms with E-state index < -0.39 is 0 Å². The maximum absolute atomic E-state index is 11.2. The Morgan fingerprint density at radius 2 is 1.73 bits per heavy atom. The Labute approximate surface area is 185 Å². The number of fused-ring (bicyclic) bond motifs is 5. The van der Waals surface area contributed by atoms with E-state index in [0.717, 1.165) is 42.7 Å². The van der Waals surface area contributed by atoms with E-state index in [0.29, 0.717) is 17.3 Å². The summed E-state index contributed by atoms with van der Waals surface area (Å²) in [6.07, 6.45) is 19.6. The Balaban J connectivity index is 1.26. The second-order valence-corrected chi connectivity index (χ2v) is 11.8. The molecule has 0 heterocycles. The molecule has 0 amide bonds. The fourth-order valence-corrected chi connectivity index (χ4v) is 8.94. The number of rotatable bonds is 8. The molecule has 4 aliphatic rings. The molecule has 4 saturated carbocycles. The molecule has 3 nitrogen and oxygen atoms in total. The van der Waals surface area contributed by atoms with Crippen LogP contribution in [0.15, 0.2) is 0 Å². The predicted molar refractivity (Wildman–Crippen MR) is 123 cm³/mol. The van der Waals surface area contributed by atoms with Crippen molar-refractivity contribution in [2.45, 2.75) is 104 Å². The first-order chi connectivity index (χ1) is 14.5. The highest BCUT2D eigenvalue weighted by Crippen LogP contribution is 2.67. The third-order valence-corrected chi connectivity index (χ3v) is 10.7. The summed E-state index contributed by atoms with van der Waals surface area (Å²) in [6, 6.07) is 0. The van der Waals surface area contributed by atoms with Crippen LogP contribution in [0.4, 0.5) is 0 Å². The van der Waals surface area contributed by atoms with Gasteiger partial charge in [-0.3, -0.25) is 4.79 Å². The Bertz CT molecular complexity index is 591. The first-order valence-corrected chi connectivity index (χ1v) is 13.3. The largest absolute Gasteiger partial charge is 0.469 e. The zero-order valence-electron chi connectivity index (χ0n) is 20.0. The molecule has 0 spiro atoms. The van der Waals surface area contributed by atoms with Gasteiger partial charge in [-0.1, -0.05) is 33.1 Å². The number of carbonyl (C=O) groups is 1. The maximum atomic E-state index is 11.2. The minimum Gasteiger partial charge on any atom is -0.469 e.